The predicted molar refractivity (Wildman–Crippen MR) is 216 cm³/mol. The van der Waals surface area contributed by atoms with Crippen molar-refractivity contribution in [2.45, 2.75) is 31.1 Å². The van der Waals surface area contributed by atoms with E-state index in [0.29, 0.717) is 0 Å². The van der Waals surface area contributed by atoms with Crippen LogP contribution in [-0.2, 0) is 5.41 Å². The van der Waals surface area contributed by atoms with E-state index in [-0.39, 0.29) is 5.41 Å². The van der Waals surface area contributed by atoms with E-state index in [1.165, 1.54) is 95.9 Å². The summed E-state index contributed by atoms with van der Waals surface area (Å²) in [6.45, 7) is 0. The molecule has 1 nitrogen and oxygen atoms in total. The van der Waals surface area contributed by atoms with Gasteiger partial charge in [0.25, 0.3) is 0 Å². The van der Waals surface area contributed by atoms with Crippen LogP contribution in [0, 0.1) is 23.7 Å². The van der Waals surface area contributed by atoms with Crippen LogP contribution in [0.1, 0.15) is 36.8 Å². The highest BCUT2D eigenvalue weighted by atomic mass is 32.1. The van der Waals surface area contributed by atoms with Gasteiger partial charge in [-0.05, 0) is 136 Å². The molecule has 5 unspecified atom stereocenters. The molecule has 1 spiro atoms. The third-order valence-electron chi connectivity index (χ3n) is 13.5. The van der Waals surface area contributed by atoms with Gasteiger partial charge in [0.2, 0.25) is 0 Å². The lowest BCUT2D eigenvalue weighted by atomic mass is 9.36. The van der Waals surface area contributed by atoms with Crippen molar-refractivity contribution in [2.75, 3.05) is 4.90 Å². The zero-order chi connectivity index (χ0) is 33.3. The number of thiophene rings is 1. The van der Waals surface area contributed by atoms with Gasteiger partial charge >= 0.3 is 0 Å². The van der Waals surface area contributed by atoms with E-state index in [1.807, 2.05) is 11.3 Å². The molecule has 2 heteroatoms. The van der Waals surface area contributed by atoms with Crippen molar-refractivity contribution < 1.29 is 0 Å². The second-order valence-electron chi connectivity index (χ2n) is 15.6. The van der Waals surface area contributed by atoms with Crippen LogP contribution in [0.25, 0.3) is 53.2 Å². The molecule has 4 aliphatic carbocycles. The molecule has 1 heterocycles. The molecule has 0 amide bonds. The summed E-state index contributed by atoms with van der Waals surface area (Å²) >= 11 is 1.90. The Bertz CT molecular complexity index is 2700. The zero-order valence-electron chi connectivity index (χ0n) is 28.4. The van der Waals surface area contributed by atoms with Crippen LogP contribution in [0.4, 0.5) is 17.1 Å². The van der Waals surface area contributed by atoms with Gasteiger partial charge in [0.05, 0.1) is 5.69 Å². The van der Waals surface area contributed by atoms with Gasteiger partial charge in [-0.2, -0.15) is 0 Å². The molecule has 12 rings (SSSR count). The Hall–Kier alpha value is -5.18. The van der Waals surface area contributed by atoms with Crippen LogP contribution in [-0.4, -0.2) is 0 Å². The summed E-state index contributed by atoms with van der Waals surface area (Å²) in [6, 6.07) is 57.4. The first kappa shape index (κ1) is 28.5. The van der Waals surface area contributed by atoms with Gasteiger partial charge in [-0.25, -0.2) is 0 Å². The molecule has 1 aromatic heterocycles. The van der Waals surface area contributed by atoms with E-state index in [0.717, 1.165) is 23.7 Å². The van der Waals surface area contributed by atoms with Crippen LogP contribution in [0.5, 0.6) is 0 Å². The second-order valence-corrected chi connectivity index (χ2v) is 16.7. The van der Waals surface area contributed by atoms with Gasteiger partial charge in [-0.1, -0.05) is 109 Å². The topological polar surface area (TPSA) is 3.24 Å². The van der Waals surface area contributed by atoms with E-state index in [1.54, 1.807) is 11.1 Å². The number of hydrogen-bond donors (Lipinski definition) is 0. The highest BCUT2D eigenvalue weighted by Crippen LogP contribution is 2.73. The molecule has 244 valence electrons. The molecule has 4 aliphatic rings. The zero-order valence-corrected chi connectivity index (χ0v) is 29.2. The molecule has 0 aliphatic heterocycles. The van der Waals surface area contributed by atoms with Crippen molar-refractivity contribution in [3.8, 4) is 22.3 Å². The van der Waals surface area contributed by atoms with Gasteiger partial charge in [-0.3, -0.25) is 0 Å². The summed E-state index contributed by atoms with van der Waals surface area (Å²) in [7, 11) is 0. The summed E-state index contributed by atoms with van der Waals surface area (Å²) in [5.74, 6) is 3.62. The molecule has 7 aromatic carbocycles. The highest BCUT2D eigenvalue weighted by molar-refractivity contribution is 7.26. The van der Waals surface area contributed by atoms with E-state index >= 15 is 0 Å². The van der Waals surface area contributed by atoms with Crippen LogP contribution in [0.15, 0.2) is 152 Å². The number of rotatable bonds is 4. The molecule has 5 atom stereocenters. The fraction of sp³-hybridized carbons (Fsp3) is 0.184. The minimum absolute atomic E-state index is 0.130. The van der Waals surface area contributed by atoms with Crippen LogP contribution in [0.2, 0.25) is 0 Å². The fourth-order valence-corrected chi connectivity index (χ4v) is 12.5. The Balaban J connectivity index is 1.07. The Morgan fingerprint density at radius 1 is 0.549 bits per heavy atom. The summed E-state index contributed by atoms with van der Waals surface area (Å²) in [6.07, 6.45) is 5.53. The van der Waals surface area contributed by atoms with Crippen molar-refractivity contribution in [2.24, 2.45) is 23.7 Å². The van der Waals surface area contributed by atoms with Gasteiger partial charge < -0.3 is 4.90 Å². The first-order valence-electron chi connectivity index (χ1n) is 18.8. The maximum Gasteiger partial charge on any atom is 0.0554 e. The molecule has 3 fully saturated rings. The maximum absolute atomic E-state index is 2.62. The molecule has 0 radical (unpaired) electrons. The van der Waals surface area contributed by atoms with Crippen molar-refractivity contribution in [1.29, 1.82) is 0 Å². The van der Waals surface area contributed by atoms with Crippen molar-refractivity contribution in [3.63, 3.8) is 0 Å². The summed E-state index contributed by atoms with van der Waals surface area (Å²) < 4.78 is 2.67. The predicted octanol–water partition coefficient (Wildman–Crippen LogP) is 13.7. The number of hydrogen-bond acceptors (Lipinski definition) is 2. The van der Waals surface area contributed by atoms with Gasteiger partial charge in [0.15, 0.2) is 0 Å². The molecule has 0 saturated heterocycles. The molecular formula is C49H37NS. The van der Waals surface area contributed by atoms with Crippen LogP contribution in [0.3, 0.4) is 0 Å². The van der Waals surface area contributed by atoms with Crippen LogP contribution >= 0.6 is 11.3 Å². The third kappa shape index (κ3) is 3.81. The second kappa shape index (κ2) is 10.4. The van der Waals surface area contributed by atoms with Gasteiger partial charge in [-0.15, -0.1) is 11.3 Å². The first-order chi connectivity index (χ1) is 25.3. The molecule has 0 N–H and O–H groups in total. The Kier molecular flexibility index (Phi) is 5.83. The Morgan fingerprint density at radius 2 is 1.27 bits per heavy atom. The minimum Gasteiger partial charge on any atom is -0.310 e. The standard InChI is InChI=1S/C49H37NS/c1-2-11-36-30(9-1)10-7-14-37(36)31-19-21-34(22-20-31)50(44-16-8-18-46-48(44)40-13-4-6-17-45(40)51-46)35-23-24-39-38-12-3-5-15-41(38)49(42(39)29-35)26-25-32-27-33-28-43(49)47(32)33/h1-24,29,32-33,43,47H,25-28H2. The monoisotopic (exact) mass is 671 g/mol. The quantitative estimate of drug-likeness (QED) is 0.180. The number of fused-ring (bicyclic) bond motifs is 10. The Morgan fingerprint density at radius 3 is 2.20 bits per heavy atom. The molecule has 8 aromatic rings. The van der Waals surface area contributed by atoms with E-state index < -0.39 is 0 Å². The molecule has 3 saturated carbocycles. The minimum atomic E-state index is 0.130. The summed E-state index contributed by atoms with van der Waals surface area (Å²) in [5.41, 5.74) is 12.5. The number of anilines is 3. The fourth-order valence-electron chi connectivity index (χ4n) is 11.4. The largest absolute Gasteiger partial charge is 0.310 e. The number of benzene rings is 7. The lowest BCUT2D eigenvalue weighted by Crippen LogP contribution is -2.62. The van der Waals surface area contributed by atoms with E-state index in [4.69, 9.17) is 0 Å². The van der Waals surface area contributed by atoms with Crippen molar-refractivity contribution in [3.05, 3.63) is 163 Å². The smallest absolute Gasteiger partial charge is 0.0554 e. The third-order valence-corrected chi connectivity index (χ3v) is 14.7. The van der Waals surface area contributed by atoms with Gasteiger partial charge in [0.1, 0.15) is 0 Å². The van der Waals surface area contributed by atoms with Crippen LogP contribution < -0.4 is 4.90 Å². The normalized spacial score (nSPS) is 23.8. The van der Waals surface area contributed by atoms with E-state index in [2.05, 4.69) is 157 Å². The molecule has 51 heavy (non-hydrogen) atoms. The SMILES string of the molecule is c1ccc2c(c1)-c1ccc(N(c3ccc(-c4cccc5ccccc45)cc3)c3cccc4sc5ccccc5c34)cc1C21CCC2CC3CC1C23. The average molecular weight is 672 g/mol. The number of nitrogens with zero attached hydrogens (tertiary/aromatic N) is 1. The first-order valence-corrected chi connectivity index (χ1v) is 19.6. The van der Waals surface area contributed by atoms with Crippen molar-refractivity contribution >= 4 is 59.3 Å². The molecule has 0 bridgehead atoms. The van der Waals surface area contributed by atoms with Gasteiger partial charge in [0, 0.05) is 37.0 Å². The average Bonchev–Trinajstić information content (AvgIpc) is 3.68. The van der Waals surface area contributed by atoms with Crippen molar-refractivity contribution in [1.82, 2.24) is 0 Å². The summed E-state index contributed by atoms with van der Waals surface area (Å²) in [4.78, 5) is 2.56. The maximum atomic E-state index is 2.62. The summed E-state index contributed by atoms with van der Waals surface area (Å²) in [5, 5.41) is 5.24. The lowest BCUT2D eigenvalue weighted by Gasteiger charge is -2.68. The highest BCUT2D eigenvalue weighted by Gasteiger charge is 2.65. The van der Waals surface area contributed by atoms with E-state index in [9.17, 15) is 0 Å². The molecular weight excluding hydrogens is 635 g/mol. The Labute approximate surface area is 302 Å². The lowest BCUT2D eigenvalue weighted by molar-refractivity contribution is -0.149.